The van der Waals surface area contributed by atoms with E-state index in [-0.39, 0.29) is 6.04 Å². The van der Waals surface area contributed by atoms with Crippen molar-refractivity contribution in [1.29, 1.82) is 0 Å². The largest absolute Gasteiger partial charge is 0.387 e. The third-order valence-electron chi connectivity index (χ3n) is 5.07. The molecule has 29 heavy (non-hydrogen) atoms. The van der Waals surface area contributed by atoms with Crippen LogP contribution in [-0.2, 0) is 11.2 Å². The first-order chi connectivity index (χ1) is 14.1. The molecule has 4 rings (SSSR count). The molecule has 0 spiro atoms. The lowest BCUT2D eigenvalue weighted by molar-refractivity contribution is -0.0288. The maximum absolute atomic E-state index is 10.5. The average molecular weight is 416 g/mol. The van der Waals surface area contributed by atoms with Crippen molar-refractivity contribution in [2.45, 2.75) is 43.9 Å². The molecule has 1 aliphatic heterocycles. The topological polar surface area (TPSA) is 105 Å². The summed E-state index contributed by atoms with van der Waals surface area (Å²) in [6.07, 6.45) is 2.65. The lowest BCUT2D eigenvalue weighted by Crippen LogP contribution is -2.32. The van der Waals surface area contributed by atoms with Gasteiger partial charge in [0.15, 0.2) is 23.2 Å². The Morgan fingerprint density at radius 1 is 1.17 bits per heavy atom. The summed E-state index contributed by atoms with van der Waals surface area (Å²) in [5.74, 6) is 1.23. The molecule has 1 saturated heterocycles. The van der Waals surface area contributed by atoms with Gasteiger partial charge in [-0.2, -0.15) is 11.8 Å². The van der Waals surface area contributed by atoms with Crippen LogP contribution in [0.4, 0.5) is 5.82 Å². The van der Waals surface area contributed by atoms with Crippen LogP contribution in [0.25, 0.3) is 11.2 Å². The van der Waals surface area contributed by atoms with E-state index in [1.54, 1.807) is 22.7 Å². The van der Waals surface area contributed by atoms with Crippen LogP contribution in [0.15, 0.2) is 43.0 Å². The fourth-order valence-electron chi connectivity index (χ4n) is 3.66. The van der Waals surface area contributed by atoms with Gasteiger partial charge in [0, 0.05) is 11.8 Å². The first-order valence-electron chi connectivity index (χ1n) is 9.57. The molecule has 3 heterocycles. The second kappa shape index (κ2) is 8.66. The number of aliphatic hydroxyl groups is 2. The molecule has 9 heteroatoms. The van der Waals surface area contributed by atoms with E-state index in [2.05, 4.69) is 39.3 Å². The Balaban J connectivity index is 1.55. The van der Waals surface area contributed by atoms with Crippen LogP contribution in [0.2, 0.25) is 0 Å². The van der Waals surface area contributed by atoms with Crippen molar-refractivity contribution in [2.24, 2.45) is 0 Å². The molecule has 5 atom stereocenters. The lowest BCUT2D eigenvalue weighted by atomic mass is 10.1. The minimum atomic E-state index is -1.05. The highest BCUT2D eigenvalue weighted by Gasteiger charge is 2.44. The van der Waals surface area contributed by atoms with Crippen LogP contribution in [-0.4, -0.2) is 66.1 Å². The third kappa shape index (κ3) is 4.09. The van der Waals surface area contributed by atoms with Crippen molar-refractivity contribution in [1.82, 2.24) is 19.5 Å². The maximum atomic E-state index is 10.5. The first kappa shape index (κ1) is 20.1. The number of hydrogen-bond acceptors (Lipinski definition) is 8. The quantitative estimate of drug-likeness (QED) is 0.537. The monoisotopic (exact) mass is 415 g/mol. The summed E-state index contributed by atoms with van der Waals surface area (Å²) >= 11 is 1.56. The Bertz CT molecular complexity index is 954. The molecule has 0 radical (unpaired) electrons. The highest BCUT2D eigenvalue weighted by atomic mass is 32.2. The molecule has 2 aromatic heterocycles. The normalized spacial score (nSPS) is 25.4. The molecule has 3 aromatic rings. The van der Waals surface area contributed by atoms with Crippen LogP contribution in [0, 0.1) is 0 Å². The smallest absolute Gasteiger partial charge is 0.167 e. The highest BCUT2D eigenvalue weighted by Crippen LogP contribution is 2.33. The summed E-state index contributed by atoms with van der Waals surface area (Å²) in [7, 11) is 0. The zero-order chi connectivity index (χ0) is 20.4. The minimum absolute atomic E-state index is 0.141. The number of nitrogens with one attached hydrogen (secondary N) is 1. The van der Waals surface area contributed by atoms with Crippen LogP contribution in [0.3, 0.4) is 0 Å². The van der Waals surface area contributed by atoms with Gasteiger partial charge in [0.2, 0.25) is 0 Å². The van der Waals surface area contributed by atoms with Crippen LogP contribution < -0.4 is 5.32 Å². The van der Waals surface area contributed by atoms with Crippen molar-refractivity contribution < 1.29 is 14.9 Å². The van der Waals surface area contributed by atoms with Crippen LogP contribution in [0.1, 0.15) is 18.7 Å². The zero-order valence-corrected chi connectivity index (χ0v) is 17.2. The number of hydrogen-bond donors (Lipinski definition) is 3. The number of imidazole rings is 1. The van der Waals surface area contributed by atoms with Crippen molar-refractivity contribution >= 4 is 28.7 Å². The van der Waals surface area contributed by atoms with Crippen LogP contribution in [0.5, 0.6) is 0 Å². The molecule has 1 aliphatic rings. The number of aliphatic hydroxyl groups excluding tert-OH is 2. The van der Waals surface area contributed by atoms with E-state index in [1.165, 1.54) is 11.9 Å². The first-order valence-corrected chi connectivity index (χ1v) is 11.0. The molecule has 0 saturated carbocycles. The number of thioether (sulfide) groups is 1. The van der Waals surface area contributed by atoms with E-state index in [4.69, 9.17) is 4.74 Å². The Kier molecular flexibility index (Phi) is 6.00. The van der Waals surface area contributed by atoms with Gasteiger partial charge in [-0.3, -0.25) is 4.57 Å². The molecule has 1 aromatic carbocycles. The molecule has 8 nitrogen and oxygen atoms in total. The summed E-state index contributed by atoms with van der Waals surface area (Å²) in [4.78, 5) is 13.1. The predicted molar refractivity (Wildman–Crippen MR) is 113 cm³/mol. The van der Waals surface area contributed by atoms with Crippen molar-refractivity contribution in [2.75, 3.05) is 17.3 Å². The fraction of sp³-hybridized carbons (Fsp3) is 0.450. The van der Waals surface area contributed by atoms with E-state index in [0.717, 1.165) is 6.42 Å². The van der Waals surface area contributed by atoms with E-state index in [1.807, 2.05) is 24.5 Å². The zero-order valence-electron chi connectivity index (χ0n) is 16.3. The second-order valence-electron chi connectivity index (χ2n) is 7.28. The minimum Gasteiger partial charge on any atom is -0.387 e. The molecule has 0 aliphatic carbocycles. The molecule has 154 valence electrons. The number of aromatic nitrogens is 4. The summed E-state index contributed by atoms with van der Waals surface area (Å²) in [6, 6.07) is 10.4. The number of benzene rings is 1. The van der Waals surface area contributed by atoms with E-state index in [9.17, 15) is 10.2 Å². The maximum Gasteiger partial charge on any atom is 0.167 e. The Hall–Kier alpha value is -2.20. The molecular weight excluding hydrogens is 390 g/mol. The number of fused-ring (bicyclic) bond motifs is 1. The molecular formula is C20H25N5O3S. The summed E-state index contributed by atoms with van der Waals surface area (Å²) in [6.45, 7) is 2.09. The van der Waals surface area contributed by atoms with Gasteiger partial charge in [-0.15, -0.1) is 0 Å². The predicted octanol–water partition coefficient (Wildman–Crippen LogP) is 1.85. The highest BCUT2D eigenvalue weighted by molar-refractivity contribution is 7.98. The van der Waals surface area contributed by atoms with Crippen molar-refractivity contribution in [3.05, 3.63) is 48.5 Å². The number of rotatable bonds is 7. The van der Waals surface area contributed by atoms with Gasteiger partial charge in [-0.1, -0.05) is 30.3 Å². The van der Waals surface area contributed by atoms with E-state index < -0.39 is 24.5 Å². The standard InChI is InChI=1S/C20H25N5O3S/c1-12(8-13-6-4-3-5-7-13)24-18-15-19(22-10-21-18)25(11-23-15)20-17(27)16(26)14(28-20)9-29-2/h3-7,10-12,14,16-17,20,26-27H,8-9H2,1-2H3,(H,21,22,24)/t12-,14-,16-,17-,20-/m1/s1. The average Bonchev–Trinajstić information content (AvgIpc) is 3.26. The van der Waals surface area contributed by atoms with Gasteiger partial charge in [0.1, 0.15) is 18.5 Å². The number of nitrogens with zero attached hydrogens (tertiary/aromatic N) is 4. The van der Waals surface area contributed by atoms with Gasteiger partial charge in [0.25, 0.3) is 0 Å². The van der Waals surface area contributed by atoms with E-state index >= 15 is 0 Å². The molecule has 1 fully saturated rings. The third-order valence-corrected chi connectivity index (χ3v) is 5.73. The van der Waals surface area contributed by atoms with Gasteiger partial charge < -0.3 is 20.3 Å². The van der Waals surface area contributed by atoms with Crippen molar-refractivity contribution in [3.8, 4) is 0 Å². The summed E-state index contributed by atoms with van der Waals surface area (Å²) in [5, 5.41) is 24.2. The van der Waals surface area contributed by atoms with Gasteiger partial charge in [-0.25, -0.2) is 15.0 Å². The Morgan fingerprint density at radius 2 is 1.97 bits per heavy atom. The lowest BCUT2D eigenvalue weighted by Gasteiger charge is -2.17. The second-order valence-corrected chi connectivity index (χ2v) is 8.19. The van der Waals surface area contributed by atoms with Gasteiger partial charge in [0.05, 0.1) is 12.4 Å². The van der Waals surface area contributed by atoms with Crippen LogP contribution >= 0.6 is 11.8 Å². The van der Waals surface area contributed by atoms with E-state index in [0.29, 0.717) is 22.7 Å². The van der Waals surface area contributed by atoms with Crippen molar-refractivity contribution in [3.63, 3.8) is 0 Å². The molecule has 3 N–H and O–H groups in total. The van der Waals surface area contributed by atoms with Gasteiger partial charge in [-0.05, 0) is 25.2 Å². The summed E-state index contributed by atoms with van der Waals surface area (Å²) in [5.41, 5.74) is 2.39. The fourth-order valence-corrected chi connectivity index (χ4v) is 4.26. The summed E-state index contributed by atoms with van der Waals surface area (Å²) < 4.78 is 7.57. The number of ether oxygens (including phenoxy) is 1. The SMILES string of the molecule is CSC[C@H]1O[C@@H](n2cnc3c(N[C@H](C)Cc4ccccc4)ncnc32)[C@H](O)[C@@H]1O. The van der Waals surface area contributed by atoms with Gasteiger partial charge >= 0.3 is 0 Å². The molecule has 0 bridgehead atoms. The Labute approximate surface area is 173 Å². The molecule has 0 unspecified atom stereocenters. The number of anilines is 1. The Morgan fingerprint density at radius 3 is 2.72 bits per heavy atom. The molecule has 0 amide bonds.